The molecule has 0 rings (SSSR count). The van der Waals surface area contributed by atoms with Gasteiger partial charge in [0.25, 0.3) is 0 Å². The summed E-state index contributed by atoms with van der Waals surface area (Å²) in [6.45, 7) is 2.57. The zero-order chi connectivity index (χ0) is 8.69. The van der Waals surface area contributed by atoms with Crippen molar-refractivity contribution in [1.82, 2.24) is 10.2 Å². The average molecular weight is 159 g/mol. The summed E-state index contributed by atoms with van der Waals surface area (Å²) in [6.07, 6.45) is 0.424. The van der Waals surface area contributed by atoms with Gasteiger partial charge in [-0.1, -0.05) is 0 Å². The standard InChI is InChI=1S/C7H17N3O/c1-10(2)6-5-9-4-3-7(8)11/h9H,3-6H2,1-2H3,(H2,8,11). The van der Waals surface area contributed by atoms with E-state index in [-0.39, 0.29) is 5.91 Å². The van der Waals surface area contributed by atoms with Gasteiger partial charge >= 0.3 is 0 Å². The molecule has 0 aromatic carbocycles. The molecule has 0 aromatic rings. The second-order valence-electron chi connectivity index (χ2n) is 2.77. The molecule has 0 bridgehead atoms. The van der Waals surface area contributed by atoms with Gasteiger partial charge in [0.05, 0.1) is 0 Å². The number of rotatable bonds is 6. The lowest BCUT2D eigenvalue weighted by atomic mass is 10.4. The number of amides is 1. The molecule has 0 aliphatic carbocycles. The summed E-state index contributed by atoms with van der Waals surface area (Å²) in [7, 11) is 4.02. The van der Waals surface area contributed by atoms with Crippen LogP contribution in [0.2, 0.25) is 0 Å². The number of likely N-dealkylation sites (N-methyl/N-ethyl adjacent to an activating group) is 1. The Morgan fingerprint density at radius 3 is 2.55 bits per heavy atom. The van der Waals surface area contributed by atoms with Crippen LogP contribution in [0.15, 0.2) is 0 Å². The first-order chi connectivity index (χ1) is 5.13. The second kappa shape index (κ2) is 6.12. The third-order valence-corrected chi connectivity index (χ3v) is 1.28. The van der Waals surface area contributed by atoms with Crippen LogP contribution in [0.4, 0.5) is 0 Å². The van der Waals surface area contributed by atoms with Crippen molar-refractivity contribution < 1.29 is 4.79 Å². The topological polar surface area (TPSA) is 58.4 Å². The van der Waals surface area contributed by atoms with Crippen LogP contribution in [0, 0.1) is 0 Å². The Morgan fingerprint density at radius 2 is 2.09 bits per heavy atom. The summed E-state index contributed by atoms with van der Waals surface area (Å²) in [5, 5.41) is 3.11. The van der Waals surface area contributed by atoms with Crippen LogP contribution in [-0.4, -0.2) is 44.5 Å². The van der Waals surface area contributed by atoms with Gasteiger partial charge in [0.1, 0.15) is 0 Å². The van der Waals surface area contributed by atoms with Gasteiger partial charge in [-0.3, -0.25) is 4.79 Å². The van der Waals surface area contributed by atoms with Crippen molar-refractivity contribution in [2.75, 3.05) is 33.7 Å². The minimum atomic E-state index is -0.248. The van der Waals surface area contributed by atoms with Crippen molar-refractivity contribution >= 4 is 5.91 Å². The van der Waals surface area contributed by atoms with Crippen molar-refractivity contribution in [2.24, 2.45) is 5.73 Å². The van der Waals surface area contributed by atoms with Crippen molar-refractivity contribution in [2.45, 2.75) is 6.42 Å². The van der Waals surface area contributed by atoms with E-state index >= 15 is 0 Å². The molecule has 0 saturated heterocycles. The lowest BCUT2D eigenvalue weighted by Gasteiger charge is -2.09. The monoisotopic (exact) mass is 159 g/mol. The third-order valence-electron chi connectivity index (χ3n) is 1.28. The SMILES string of the molecule is CN(C)CCNCCC(N)=O. The Kier molecular flexibility index (Phi) is 5.78. The van der Waals surface area contributed by atoms with E-state index in [0.717, 1.165) is 13.1 Å². The maximum absolute atomic E-state index is 10.3. The van der Waals surface area contributed by atoms with E-state index in [4.69, 9.17) is 5.73 Å². The minimum absolute atomic E-state index is 0.248. The van der Waals surface area contributed by atoms with Gasteiger partial charge in [-0.15, -0.1) is 0 Å². The molecular formula is C7H17N3O. The van der Waals surface area contributed by atoms with Crippen LogP contribution in [0.25, 0.3) is 0 Å². The number of primary amides is 1. The number of nitrogens with one attached hydrogen (secondary N) is 1. The molecule has 0 heterocycles. The van der Waals surface area contributed by atoms with Gasteiger partial charge in [0.2, 0.25) is 5.91 Å². The molecule has 0 aliphatic rings. The Hall–Kier alpha value is -0.610. The molecule has 0 spiro atoms. The number of carbonyl (C=O) groups is 1. The highest BCUT2D eigenvalue weighted by molar-refractivity contribution is 5.73. The van der Waals surface area contributed by atoms with Crippen LogP contribution in [-0.2, 0) is 4.79 Å². The lowest BCUT2D eigenvalue weighted by Crippen LogP contribution is -2.29. The predicted octanol–water partition coefficient (Wildman–Crippen LogP) is -0.987. The van der Waals surface area contributed by atoms with Crippen LogP contribution in [0.1, 0.15) is 6.42 Å². The number of hydrogen-bond donors (Lipinski definition) is 2. The molecule has 0 unspecified atom stereocenters. The number of carbonyl (C=O) groups excluding carboxylic acids is 1. The molecule has 0 aromatic heterocycles. The van der Waals surface area contributed by atoms with Gasteiger partial charge in [-0.2, -0.15) is 0 Å². The van der Waals surface area contributed by atoms with E-state index in [0.29, 0.717) is 13.0 Å². The smallest absolute Gasteiger partial charge is 0.218 e. The fourth-order valence-electron chi connectivity index (χ4n) is 0.639. The van der Waals surface area contributed by atoms with Gasteiger partial charge in [-0.05, 0) is 14.1 Å². The Bertz CT molecular complexity index is 114. The summed E-state index contributed by atoms with van der Waals surface area (Å²) < 4.78 is 0. The lowest BCUT2D eigenvalue weighted by molar-refractivity contribution is -0.117. The van der Waals surface area contributed by atoms with Crippen LogP contribution >= 0.6 is 0 Å². The molecule has 0 aliphatic heterocycles. The van der Waals surface area contributed by atoms with Crippen LogP contribution in [0.3, 0.4) is 0 Å². The van der Waals surface area contributed by atoms with Crippen LogP contribution < -0.4 is 11.1 Å². The van der Waals surface area contributed by atoms with Gasteiger partial charge in [-0.25, -0.2) is 0 Å². The first-order valence-electron chi connectivity index (χ1n) is 3.76. The zero-order valence-corrected chi connectivity index (χ0v) is 7.26. The highest BCUT2D eigenvalue weighted by atomic mass is 16.1. The van der Waals surface area contributed by atoms with E-state index in [9.17, 15) is 4.79 Å². The molecular weight excluding hydrogens is 142 g/mol. The molecule has 66 valence electrons. The van der Waals surface area contributed by atoms with Crippen molar-refractivity contribution in [1.29, 1.82) is 0 Å². The molecule has 4 nitrogen and oxygen atoms in total. The molecule has 11 heavy (non-hydrogen) atoms. The number of hydrogen-bond acceptors (Lipinski definition) is 3. The summed E-state index contributed by atoms with van der Waals surface area (Å²) in [5.74, 6) is -0.248. The van der Waals surface area contributed by atoms with Gasteiger partial charge in [0, 0.05) is 26.1 Å². The van der Waals surface area contributed by atoms with Crippen molar-refractivity contribution in [3.63, 3.8) is 0 Å². The van der Waals surface area contributed by atoms with Gasteiger partial charge < -0.3 is 16.0 Å². The zero-order valence-electron chi connectivity index (χ0n) is 7.26. The maximum Gasteiger partial charge on any atom is 0.218 e. The summed E-state index contributed by atoms with van der Waals surface area (Å²) in [4.78, 5) is 12.3. The first kappa shape index (κ1) is 10.4. The van der Waals surface area contributed by atoms with E-state index in [1.807, 2.05) is 14.1 Å². The third kappa shape index (κ3) is 9.39. The summed E-state index contributed by atoms with van der Waals surface area (Å²) >= 11 is 0. The van der Waals surface area contributed by atoms with E-state index in [1.54, 1.807) is 0 Å². The van der Waals surface area contributed by atoms with Gasteiger partial charge in [0.15, 0.2) is 0 Å². The first-order valence-corrected chi connectivity index (χ1v) is 3.76. The number of nitrogens with two attached hydrogens (primary N) is 1. The summed E-state index contributed by atoms with van der Waals surface area (Å²) in [5.41, 5.74) is 4.95. The largest absolute Gasteiger partial charge is 0.370 e. The number of nitrogens with zero attached hydrogens (tertiary/aromatic N) is 1. The molecule has 0 radical (unpaired) electrons. The molecule has 1 amide bonds. The fourth-order valence-corrected chi connectivity index (χ4v) is 0.639. The highest BCUT2D eigenvalue weighted by Gasteiger charge is 1.93. The fraction of sp³-hybridized carbons (Fsp3) is 0.857. The van der Waals surface area contributed by atoms with E-state index in [1.165, 1.54) is 0 Å². The Balaban J connectivity index is 2.97. The van der Waals surface area contributed by atoms with E-state index < -0.39 is 0 Å². The van der Waals surface area contributed by atoms with Crippen LogP contribution in [0.5, 0.6) is 0 Å². The molecule has 3 N–H and O–H groups in total. The second-order valence-corrected chi connectivity index (χ2v) is 2.77. The highest BCUT2D eigenvalue weighted by Crippen LogP contribution is 1.74. The van der Waals surface area contributed by atoms with Crippen molar-refractivity contribution in [3.05, 3.63) is 0 Å². The van der Waals surface area contributed by atoms with E-state index in [2.05, 4.69) is 10.2 Å². The Labute approximate surface area is 67.7 Å². The molecule has 0 atom stereocenters. The van der Waals surface area contributed by atoms with Crippen molar-refractivity contribution in [3.8, 4) is 0 Å². The maximum atomic E-state index is 10.3. The normalized spacial score (nSPS) is 10.5. The average Bonchev–Trinajstić information content (AvgIpc) is 1.85. The molecule has 0 fully saturated rings. The predicted molar refractivity (Wildman–Crippen MR) is 45.2 cm³/mol. The Morgan fingerprint density at radius 1 is 1.45 bits per heavy atom. The summed E-state index contributed by atoms with van der Waals surface area (Å²) in [6, 6.07) is 0. The molecule has 0 saturated carbocycles. The quantitative estimate of drug-likeness (QED) is 0.489. The molecule has 4 heteroatoms. The minimum Gasteiger partial charge on any atom is -0.370 e.